The van der Waals surface area contributed by atoms with E-state index in [1.165, 1.54) is 6.92 Å². The zero-order chi connectivity index (χ0) is 20.1. The van der Waals surface area contributed by atoms with Crippen molar-refractivity contribution in [2.45, 2.75) is 39.2 Å². The Kier molecular flexibility index (Phi) is 6.09. The second kappa shape index (κ2) is 8.69. The molecule has 1 unspecified atom stereocenters. The van der Waals surface area contributed by atoms with Crippen molar-refractivity contribution in [3.8, 4) is 0 Å². The summed E-state index contributed by atoms with van der Waals surface area (Å²) < 4.78 is 0. The van der Waals surface area contributed by atoms with E-state index < -0.39 is 6.04 Å². The fourth-order valence-electron chi connectivity index (χ4n) is 2.92. The predicted octanol–water partition coefficient (Wildman–Crippen LogP) is 3.55. The second-order valence-corrected chi connectivity index (χ2v) is 7.26. The molecule has 0 spiro atoms. The van der Waals surface area contributed by atoms with Crippen molar-refractivity contribution >= 4 is 29.1 Å². The lowest BCUT2D eigenvalue weighted by atomic mass is 10.0. The number of hydrogen-bond acceptors (Lipinski definition) is 3. The van der Waals surface area contributed by atoms with E-state index in [2.05, 4.69) is 16.0 Å². The van der Waals surface area contributed by atoms with Gasteiger partial charge >= 0.3 is 0 Å². The lowest BCUT2D eigenvalue weighted by Gasteiger charge is -2.18. The Balaban J connectivity index is 1.59. The van der Waals surface area contributed by atoms with Gasteiger partial charge in [0.05, 0.1) is 12.5 Å². The lowest BCUT2D eigenvalue weighted by molar-refractivity contribution is -0.120. The van der Waals surface area contributed by atoms with Crippen LogP contribution in [0.2, 0.25) is 0 Å². The summed E-state index contributed by atoms with van der Waals surface area (Å²) >= 11 is 0. The third-order valence-electron chi connectivity index (χ3n) is 4.63. The molecule has 1 atom stereocenters. The number of nitrogens with one attached hydrogen (secondary N) is 3. The molecule has 3 amide bonds. The molecule has 2 aromatic rings. The van der Waals surface area contributed by atoms with Gasteiger partial charge in [-0.05, 0) is 49.6 Å². The zero-order valence-corrected chi connectivity index (χ0v) is 16.1. The van der Waals surface area contributed by atoms with Crippen LogP contribution in [-0.4, -0.2) is 17.7 Å². The van der Waals surface area contributed by atoms with Crippen LogP contribution in [0.5, 0.6) is 0 Å². The minimum atomic E-state index is -0.393. The van der Waals surface area contributed by atoms with Gasteiger partial charge in [0.25, 0.3) is 0 Å². The van der Waals surface area contributed by atoms with Crippen LogP contribution in [0.25, 0.3) is 0 Å². The van der Waals surface area contributed by atoms with Crippen molar-refractivity contribution in [3.05, 3.63) is 59.7 Å². The molecule has 0 heterocycles. The minimum Gasteiger partial charge on any atom is -0.349 e. The van der Waals surface area contributed by atoms with Gasteiger partial charge in [-0.3, -0.25) is 14.4 Å². The lowest BCUT2D eigenvalue weighted by Crippen LogP contribution is -2.29. The van der Waals surface area contributed by atoms with Gasteiger partial charge < -0.3 is 16.0 Å². The number of hydrogen-bond donors (Lipinski definition) is 3. The topological polar surface area (TPSA) is 87.3 Å². The van der Waals surface area contributed by atoms with E-state index in [-0.39, 0.29) is 30.1 Å². The number of rotatable bonds is 7. The summed E-state index contributed by atoms with van der Waals surface area (Å²) in [6.07, 6.45) is 2.04. The molecule has 2 aromatic carbocycles. The standard InChI is InChI=1S/C22H25N3O3/c1-14-3-5-16(6-4-14)20(23-15(2)26)13-21(27)24-18-9-11-19(12-10-18)25-22(28)17-7-8-17/h3-6,9-12,17,20H,7-8,13H2,1-2H3,(H,23,26)(H,24,27)(H,25,28). The molecule has 3 N–H and O–H groups in total. The van der Waals surface area contributed by atoms with Gasteiger partial charge in [-0.2, -0.15) is 0 Å². The Morgan fingerprint density at radius 3 is 2.04 bits per heavy atom. The summed E-state index contributed by atoms with van der Waals surface area (Å²) in [6, 6.07) is 14.4. The molecule has 1 aliphatic rings. The molecule has 146 valence electrons. The summed E-state index contributed by atoms with van der Waals surface area (Å²) in [5.41, 5.74) is 3.35. The highest BCUT2D eigenvalue weighted by molar-refractivity contribution is 5.95. The van der Waals surface area contributed by atoms with Gasteiger partial charge in [0.15, 0.2) is 0 Å². The third-order valence-corrected chi connectivity index (χ3v) is 4.63. The number of benzene rings is 2. The normalized spacial score (nSPS) is 14.1. The zero-order valence-electron chi connectivity index (χ0n) is 16.1. The van der Waals surface area contributed by atoms with Crippen LogP contribution < -0.4 is 16.0 Å². The fraction of sp³-hybridized carbons (Fsp3) is 0.318. The first-order valence-corrected chi connectivity index (χ1v) is 9.45. The summed E-state index contributed by atoms with van der Waals surface area (Å²) in [6.45, 7) is 3.42. The van der Waals surface area contributed by atoms with Gasteiger partial charge in [-0.1, -0.05) is 29.8 Å². The number of aryl methyl sites for hydroxylation is 1. The Bertz CT molecular complexity index is 856. The molecule has 0 radical (unpaired) electrons. The van der Waals surface area contributed by atoms with Crippen molar-refractivity contribution < 1.29 is 14.4 Å². The Morgan fingerprint density at radius 1 is 0.929 bits per heavy atom. The van der Waals surface area contributed by atoms with Crippen LogP contribution in [-0.2, 0) is 14.4 Å². The molecule has 1 saturated carbocycles. The first-order valence-electron chi connectivity index (χ1n) is 9.45. The summed E-state index contributed by atoms with van der Waals surface area (Å²) in [7, 11) is 0. The molecule has 1 fully saturated rings. The predicted molar refractivity (Wildman–Crippen MR) is 109 cm³/mol. The van der Waals surface area contributed by atoms with Crippen molar-refractivity contribution in [2.75, 3.05) is 10.6 Å². The average molecular weight is 379 g/mol. The van der Waals surface area contributed by atoms with Gasteiger partial charge in [0.1, 0.15) is 0 Å². The molecular weight excluding hydrogens is 354 g/mol. The molecule has 0 saturated heterocycles. The summed E-state index contributed by atoms with van der Waals surface area (Å²) in [4.78, 5) is 35.8. The largest absolute Gasteiger partial charge is 0.349 e. The summed E-state index contributed by atoms with van der Waals surface area (Å²) in [5, 5.41) is 8.54. The van der Waals surface area contributed by atoms with Crippen molar-refractivity contribution in [1.29, 1.82) is 0 Å². The monoisotopic (exact) mass is 379 g/mol. The molecule has 1 aliphatic carbocycles. The maximum atomic E-state index is 12.5. The smallest absolute Gasteiger partial charge is 0.227 e. The van der Waals surface area contributed by atoms with E-state index in [0.717, 1.165) is 24.0 Å². The molecule has 6 nitrogen and oxygen atoms in total. The molecular formula is C22H25N3O3. The van der Waals surface area contributed by atoms with E-state index in [4.69, 9.17) is 0 Å². The highest BCUT2D eigenvalue weighted by Crippen LogP contribution is 2.30. The fourth-order valence-corrected chi connectivity index (χ4v) is 2.92. The van der Waals surface area contributed by atoms with Gasteiger partial charge in [-0.15, -0.1) is 0 Å². The van der Waals surface area contributed by atoms with Crippen LogP contribution in [0.15, 0.2) is 48.5 Å². The van der Waals surface area contributed by atoms with Gasteiger partial charge in [-0.25, -0.2) is 0 Å². The first-order chi connectivity index (χ1) is 13.4. The Hall–Kier alpha value is -3.15. The van der Waals surface area contributed by atoms with Crippen LogP contribution in [0.1, 0.15) is 43.4 Å². The average Bonchev–Trinajstić information content (AvgIpc) is 3.48. The van der Waals surface area contributed by atoms with Crippen molar-refractivity contribution in [3.63, 3.8) is 0 Å². The maximum absolute atomic E-state index is 12.5. The third kappa shape index (κ3) is 5.67. The van der Waals surface area contributed by atoms with Crippen LogP contribution in [0.4, 0.5) is 11.4 Å². The van der Waals surface area contributed by atoms with E-state index in [9.17, 15) is 14.4 Å². The van der Waals surface area contributed by atoms with Crippen molar-refractivity contribution in [2.24, 2.45) is 5.92 Å². The number of carbonyl (C=O) groups excluding carboxylic acids is 3. The maximum Gasteiger partial charge on any atom is 0.227 e. The first kappa shape index (κ1) is 19.6. The Labute approximate surface area is 164 Å². The molecule has 3 rings (SSSR count). The second-order valence-electron chi connectivity index (χ2n) is 7.26. The SMILES string of the molecule is CC(=O)NC(CC(=O)Nc1ccc(NC(=O)C2CC2)cc1)c1ccc(C)cc1. The molecule has 0 aromatic heterocycles. The highest BCUT2D eigenvalue weighted by Gasteiger charge is 2.29. The van der Waals surface area contributed by atoms with E-state index in [1.54, 1.807) is 24.3 Å². The van der Waals surface area contributed by atoms with Crippen LogP contribution >= 0.6 is 0 Å². The quantitative estimate of drug-likeness (QED) is 0.687. The highest BCUT2D eigenvalue weighted by atomic mass is 16.2. The van der Waals surface area contributed by atoms with E-state index >= 15 is 0 Å². The number of amides is 3. The number of anilines is 2. The molecule has 0 bridgehead atoms. The van der Waals surface area contributed by atoms with Crippen LogP contribution in [0, 0.1) is 12.8 Å². The van der Waals surface area contributed by atoms with Gasteiger partial charge in [0.2, 0.25) is 17.7 Å². The Morgan fingerprint density at radius 2 is 1.50 bits per heavy atom. The van der Waals surface area contributed by atoms with Gasteiger partial charge in [0, 0.05) is 24.2 Å². The van der Waals surface area contributed by atoms with Crippen molar-refractivity contribution in [1.82, 2.24) is 5.32 Å². The number of carbonyl (C=O) groups is 3. The molecule has 28 heavy (non-hydrogen) atoms. The minimum absolute atomic E-state index is 0.0491. The summed E-state index contributed by atoms with van der Waals surface area (Å²) in [5.74, 6) is -0.192. The van der Waals surface area contributed by atoms with Crippen LogP contribution in [0.3, 0.4) is 0 Å². The molecule has 0 aliphatic heterocycles. The molecule has 6 heteroatoms. The van der Waals surface area contributed by atoms with E-state index in [0.29, 0.717) is 11.4 Å². The van der Waals surface area contributed by atoms with E-state index in [1.807, 2.05) is 31.2 Å².